The predicted molar refractivity (Wildman–Crippen MR) is 148 cm³/mol. The summed E-state index contributed by atoms with van der Waals surface area (Å²) >= 11 is 1.66. The molecule has 1 N–H and O–H groups in total. The van der Waals surface area contributed by atoms with E-state index in [2.05, 4.69) is 27.0 Å². The van der Waals surface area contributed by atoms with Crippen molar-refractivity contribution in [2.24, 2.45) is 11.8 Å². The zero-order valence-corrected chi connectivity index (χ0v) is 22.8. The highest BCUT2D eigenvalue weighted by Gasteiger charge is 2.77. The van der Waals surface area contributed by atoms with Crippen molar-refractivity contribution < 1.29 is 19.5 Å². The van der Waals surface area contributed by atoms with Crippen LogP contribution in [0.4, 0.5) is 5.69 Å². The van der Waals surface area contributed by atoms with Crippen molar-refractivity contribution >= 4 is 35.2 Å². The molecule has 7 nitrogen and oxygen atoms in total. The summed E-state index contributed by atoms with van der Waals surface area (Å²) in [5, 5.41) is 9.86. The fourth-order valence-electron chi connectivity index (χ4n) is 6.63. The molecule has 3 aliphatic rings. The summed E-state index contributed by atoms with van der Waals surface area (Å²) < 4.78 is -1.15. The second-order valence-corrected chi connectivity index (χ2v) is 12.4. The van der Waals surface area contributed by atoms with Gasteiger partial charge in [0.15, 0.2) is 0 Å². The maximum absolute atomic E-state index is 14.3. The van der Waals surface area contributed by atoms with Gasteiger partial charge in [0.2, 0.25) is 17.7 Å². The molecule has 1 aromatic carbocycles. The van der Waals surface area contributed by atoms with Crippen molar-refractivity contribution in [1.82, 2.24) is 9.80 Å². The molecule has 0 radical (unpaired) electrons. The van der Waals surface area contributed by atoms with Crippen LogP contribution >= 0.6 is 11.8 Å². The fraction of sp³-hybridized carbons (Fsp3) is 0.552. The number of benzene rings is 1. The molecule has 3 saturated heterocycles. The molecule has 8 heteroatoms. The maximum Gasteiger partial charge on any atom is 0.247 e. The van der Waals surface area contributed by atoms with Gasteiger partial charge in [0.05, 0.1) is 23.2 Å². The minimum Gasteiger partial charge on any atom is -0.395 e. The summed E-state index contributed by atoms with van der Waals surface area (Å²) in [5.41, 5.74) is 0.764. The smallest absolute Gasteiger partial charge is 0.247 e. The van der Waals surface area contributed by atoms with Crippen molar-refractivity contribution in [1.29, 1.82) is 0 Å². The number of likely N-dealkylation sites (tertiary alicyclic amines) is 1. The summed E-state index contributed by atoms with van der Waals surface area (Å²) in [4.78, 5) is 47.5. The number of para-hydroxylation sites is 1. The minimum atomic E-state index is -0.705. The third kappa shape index (κ3) is 4.52. The van der Waals surface area contributed by atoms with Gasteiger partial charge in [0, 0.05) is 36.6 Å². The van der Waals surface area contributed by atoms with Crippen LogP contribution in [0.5, 0.6) is 0 Å². The second-order valence-electron chi connectivity index (χ2n) is 10.5. The standard InChI is InChI=1S/C29H39N3O4S/c1-5-8-18-30(16-6-2)27(36)24-29-15-14-28(4,37-29)22(23(29)26(35)32(24)19-20-33)25(34)31(17-7-3)21-12-10-9-11-13-21/h6-7,9-13,22-24,33H,2-3,5,8,14-20H2,1,4H3/t22-,23+,24?,28+,29?/m1/s1. The van der Waals surface area contributed by atoms with E-state index in [0.717, 1.165) is 24.9 Å². The number of β-amino-alcohol motifs (C(OH)–C–C–N with tert-alkyl or cyclic N) is 1. The molecule has 5 atom stereocenters. The zero-order valence-electron chi connectivity index (χ0n) is 22.0. The summed E-state index contributed by atoms with van der Waals surface area (Å²) in [6, 6.07) is 8.76. The van der Waals surface area contributed by atoms with E-state index < -0.39 is 27.4 Å². The van der Waals surface area contributed by atoms with E-state index in [9.17, 15) is 19.5 Å². The number of amides is 3. The number of thioether (sulfide) groups is 1. The van der Waals surface area contributed by atoms with Gasteiger partial charge in [-0.1, -0.05) is 43.7 Å². The number of fused-ring (bicyclic) bond motifs is 1. The SMILES string of the molecule is C=CCN(CCCC)C(=O)C1N(CCO)C(=O)[C@@H]2[C@H](C(=O)N(CC=C)c3ccccc3)[C@]3(C)CCC12S3. The van der Waals surface area contributed by atoms with Gasteiger partial charge in [-0.15, -0.1) is 24.9 Å². The summed E-state index contributed by atoms with van der Waals surface area (Å²) in [6.45, 7) is 13.0. The van der Waals surface area contributed by atoms with Crippen LogP contribution in [0.25, 0.3) is 0 Å². The lowest BCUT2D eigenvalue weighted by Crippen LogP contribution is -2.55. The predicted octanol–water partition coefficient (Wildman–Crippen LogP) is 3.49. The largest absolute Gasteiger partial charge is 0.395 e. The lowest BCUT2D eigenvalue weighted by Gasteiger charge is -2.38. The molecular formula is C29H39N3O4S. The van der Waals surface area contributed by atoms with Crippen LogP contribution in [-0.4, -0.2) is 80.9 Å². The third-order valence-electron chi connectivity index (χ3n) is 8.21. The number of aliphatic hydroxyl groups is 1. The molecule has 3 fully saturated rings. The van der Waals surface area contributed by atoms with Gasteiger partial charge in [-0.3, -0.25) is 14.4 Å². The molecule has 3 amide bonds. The topological polar surface area (TPSA) is 81.2 Å². The molecule has 1 aromatic rings. The number of hydrogen-bond donors (Lipinski definition) is 1. The Balaban J connectivity index is 1.76. The normalized spacial score (nSPS) is 29.8. The number of unbranched alkanes of at least 4 members (excludes halogenated alkanes) is 1. The maximum atomic E-state index is 14.3. The first-order valence-corrected chi connectivity index (χ1v) is 14.1. The summed E-state index contributed by atoms with van der Waals surface area (Å²) in [5.74, 6) is -1.58. The number of carbonyl (C=O) groups is 3. The number of carbonyl (C=O) groups excluding carboxylic acids is 3. The summed E-state index contributed by atoms with van der Waals surface area (Å²) in [7, 11) is 0. The van der Waals surface area contributed by atoms with Gasteiger partial charge >= 0.3 is 0 Å². The number of rotatable bonds is 12. The Hall–Kier alpha value is -2.58. The van der Waals surface area contributed by atoms with Crippen LogP contribution in [0.15, 0.2) is 55.6 Å². The van der Waals surface area contributed by atoms with Crippen molar-refractivity contribution in [2.75, 3.05) is 37.7 Å². The van der Waals surface area contributed by atoms with Crippen molar-refractivity contribution in [3.8, 4) is 0 Å². The van der Waals surface area contributed by atoms with E-state index >= 15 is 0 Å². The van der Waals surface area contributed by atoms with E-state index in [0.29, 0.717) is 26.1 Å². The van der Waals surface area contributed by atoms with Gasteiger partial charge in [-0.2, -0.15) is 0 Å². The van der Waals surface area contributed by atoms with Crippen LogP contribution in [0, 0.1) is 11.8 Å². The lowest BCUT2D eigenvalue weighted by molar-refractivity contribution is -0.143. The monoisotopic (exact) mass is 525 g/mol. The Morgan fingerprint density at radius 2 is 1.86 bits per heavy atom. The zero-order chi connectivity index (χ0) is 26.8. The van der Waals surface area contributed by atoms with Gasteiger partial charge in [0.25, 0.3) is 0 Å². The molecule has 0 saturated carbocycles. The van der Waals surface area contributed by atoms with Crippen LogP contribution in [-0.2, 0) is 14.4 Å². The van der Waals surface area contributed by atoms with E-state index in [1.807, 2.05) is 30.3 Å². The van der Waals surface area contributed by atoms with Crippen LogP contribution in [0.1, 0.15) is 39.5 Å². The molecule has 1 spiro atoms. The molecule has 4 rings (SSSR count). The first-order chi connectivity index (χ1) is 17.8. The van der Waals surface area contributed by atoms with Gasteiger partial charge in [-0.25, -0.2) is 0 Å². The molecule has 3 heterocycles. The van der Waals surface area contributed by atoms with Crippen molar-refractivity contribution in [2.45, 2.75) is 55.1 Å². The van der Waals surface area contributed by atoms with E-state index in [1.165, 1.54) is 0 Å². The van der Waals surface area contributed by atoms with Gasteiger partial charge in [0.1, 0.15) is 6.04 Å². The molecule has 3 aliphatic heterocycles. The van der Waals surface area contributed by atoms with Crippen LogP contribution in [0.2, 0.25) is 0 Å². The average molecular weight is 526 g/mol. The Labute approximate surface area is 224 Å². The Kier molecular flexibility index (Phi) is 8.19. The first-order valence-electron chi connectivity index (χ1n) is 13.3. The lowest BCUT2D eigenvalue weighted by atomic mass is 9.66. The second kappa shape index (κ2) is 11.0. The quantitative estimate of drug-likeness (QED) is 0.423. The van der Waals surface area contributed by atoms with E-state index in [4.69, 9.17) is 0 Å². The number of anilines is 1. The molecule has 0 aliphatic carbocycles. The highest BCUT2D eigenvalue weighted by Crippen LogP contribution is 2.71. The Bertz CT molecular complexity index is 1050. The Morgan fingerprint density at radius 1 is 1.16 bits per heavy atom. The molecule has 2 bridgehead atoms. The highest BCUT2D eigenvalue weighted by atomic mass is 32.2. The van der Waals surface area contributed by atoms with E-state index in [1.54, 1.807) is 38.6 Å². The van der Waals surface area contributed by atoms with Crippen molar-refractivity contribution in [3.05, 3.63) is 55.6 Å². The highest BCUT2D eigenvalue weighted by molar-refractivity contribution is 8.02. The number of hydrogen-bond acceptors (Lipinski definition) is 5. The molecule has 2 unspecified atom stereocenters. The summed E-state index contributed by atoms with van der Waals surface area (Å²) in [6.07, 6.45) is 6.66. The molecule has 200 valence electrons. The fourth-order valence-corrected chi connectivity index (χ4v) is 8.97. The third-order valence-corrected chi connectivity index (χ3v) is 10.2. The van der Waals surface area contributed by atoms with Crippen LogP contribution < -0.4 is 4.90 Å². The molecule has 0 aromatic heterocycles. The van der Waals surface area contributed by atoms with Crippen LogP contribution in [0.3, 0.4) is 0 Å². The molecule has 37 heavy (non-hydrogen) atoms. The van der Waals surface area contributed by atoms with Crippen molar-refractivity contribution in [3.63, 3.8) is 0 Å². The first kappa shape index (κ1) is 27.5. The van der Waals surface area contributed by atoms with Gasteiger partial charge in [-0.05, 0) is 38.3 Å². The van der Waals surface area contributed by atoms with E-state index in [-0.39, 0.29) is 30.9 Å². The Morgan fingerprint density at radius 3 is 2.49 bits per heavy atom. The average Bonchev–Trinajstić information content (AvgIpc) is 3.46. The minimum absolute atomic E-state index is 0.0798. The number of nitrogens with zero attached hydrogens (tertiary/aromatic N) is 3. The number of aliphatic hydroxyl groups excluding tert-OH is 1. The van der Waals surface area contributed by atoms with Gasteiger partial charge < -0.3 is 19.8 Å². The molecular weight excluding hydrogens is 486 g/mol.